The van der Waals surface area contributed by atoms with Crippen molar-refractivity contribution in [2.45, 2.75) is 27.3 Å². The van der Waals surface area contributed by atoms with Crippen LogP contribution >= 0.6 is 11.3 Å². The lowest BCUT2D eigenvalue weighted by molar-refractivity contribution is -0.118. The molecule has 2 aromatic carbocycles. The van der Waals surface area contributed by atoms with Crippen molar-refractivity contribution in [2.75, 3.05) is 18.5 Å². The van der Waals surface area contributed by atoms with Gasteiger partial charge in [-0.25, -0.2) is 4.79 Å². The van der Waals surface area contributed by atoms with Gasteiger partial charge in [0.25, 0.3) is 11.8 Å². The molecule has 0 aliphatic heterocycles. The van der Waals surface area contributed by atoms with Crippen LogP contribution in [0.15, 0.2) is 54.6 Å². The van der Waals surface area contributed by atoms with Gasteiger partial charge in [-0.05, 0) is 56.2 Å². The van der Waals surface area contributed by atoms with Crippen LogP contribution in [-0.4, -0.2) is 31.0 Å². The molecule has 7 nitrogen and oxygen atoms in total. The van der Waals surface area contributed by atoms with Crippen molar-refractivity contribution in [1.82, 2.24) is 5.32 Å². The molecule has 0 spiro atoms. The number of ether oxygens (including phenoxy) is 2. The number of carbonyl (C=O) groups excluding carboxylic acids is 3. The zero-order chi connectivity index (χ0) is 23.8. The van der Waals surface area contributed by atoms with E-state index in [2.05, 4.69) is 10.6 Å². The van der Waals surface area contributed by atoms with Crippen LogP contribution in [-0.2, 0) is 16.1 Å². The van der Waals surface area contributed by atoms with Crippen molar-refractivity contribution in [3.63, 3.8) is 0 Å². The predicted octanol–water partition coefficient (Wildman–Crippen LogP) is 4.49. The largest absolute Gasteiger partial charge is 0.484 e. The van der Waals surface area contributed by atoms with E-state index in [1.165, 1.54) is 11.3 Å². The molecule has 172 valence electrons. The smallest absolute Gasteiger partial charge is 0.341 e. The normalized spacial score (nSPS) is 10.4. The van der Waals surface area contributed by atoms with Gasteiger partial charge in [0.2, 0.25) is 0 Å². The monoisotopic (exact) mass is 466 g/mol. The maximum atomic E-state index is 12.4. The standard InChI is InChI=1S/C25H26N2O5S/c1-4-31-25(30)22-16(2)17(3)33-24(22)27-21(28)15-32-20-12-10-19(11-13-20)23(29)26-14-18-8-6-5-7-9-18/h5-13H,4,14-15H2,1-3H3,(H,26,29)(H,27,28). The number of anilines is 1. The molecule has 0 aliphatic carbocycles. The van der Waals surface area contributed by atoms with E-state index in [1.54, 1.807) is 31.2 Å². The molecule has 0 aliphatic rings. The van der Waals surface area contributed by atoms with E-state index in [4.69, 9.17) is 9.47 Å². The number of rotatable bonds is 9. The Morgan fingerprint density at radius 2 is 1.67 bits per heavy atom. The predicted molar refractivity (Wildman–Crippen MR) is 128 cm³/mol. The molecule has 33 heavy (non-hydrogen) atoms. The molecular weight excluding hydrogens is 440 g/mol. The van der Waals surface area contributed by atoms with Crippen LogP contribution < -0.4 is 15.4 Å². The molecule has 0 saturated heterocycles. The summed E-state index contributed by atoms with van der Waals surface area (Å²) >= 11 is 1.32. The lowest BCUT2D eigenvalue weighted by Crippen LogP contribution is -2.23. The van der Waals surface area contributed by atoms with Crippen molar-refractivity contribution in [2.24, 2.45) is 0 Å². The molecule has 2 amide bonds. The SMILES string of the molecule is CCOC(=O)c1c(NC(=O)COc2ccc(C(=O)NCc3ccccc3)cc2)sc(C)c1C. The van der Waals surface area contributed by atoms with E-state index < -0.39 is 11.9 Å². The van der Waals surface area contributed by atoms with Gasteiger partial charge in [0, 0.05) is 17.0 Å². The van der Waals surface area contributed by atoms with E-state index >= 15 is 0 Å². The number of hydrogen-bond acceptors (Lipinski definition) is 6. The lowest BCUT2D eigenvalue weighted by atomic mass is 10.1. The minimum Gasteiger partial charge on any atom is -0.484 e. The summed E-state index contributed by atoms with van der Waals surface area (Å²) < 4.78 is 10.6. The zero-order valence-electron chi connectivity index (χ0n) is 18.8. The number of aryl methyl sites for hydroxylation is 1. The van der Waals surface area contributed by atoms with Gasteiger partial charge in [0.05, 0.1) is 12.2 Å². The van der Waals surface area contributed by atoms with E-state index in [0.717, 1.165) is 16.0 Å². The van der Waals surface area contributed by atoms with E-state index in [9.17, 15) is 14.4 Å². The van der Waals surface area contributed by atoms with E-state index in [-0.39, 0.29) is 19.1 Å². The Hall–Kier alpha value is -3.65. The molecule has 0 saturated carbocycles. The third-order valence-electron chi connectivity index (χ3n) is 4.90. The number of benzene rings is 2. The Morgan fingerprint density at radius 3 is 2.33 bits per heavy atom. The number of esters is 1. The van der Waals surface area contributed by atoms with Gasteiger partial charge in [-0.1, -0.05) is 30.3 Å². The Bertz CT molecular complexity index is 1120. The maximum absolute atomic E-state index is 12.4. The summed E-state index contributed by atoms with van der Waals surface area (Å²) in [5.41, 5.74) is 2.67. The molecule has 2 N–H and O–H groups in total. The topological polar surface area (TPSA) is 93.7 Å². The molecule has 0 fully saturated rings. The number of carbonyl (C=O) groups is 3. The summed E-state index contributed by atoms with van der Waals surface area (Å²) in [6.07, 6.45) is 0. The number of thiophene rings is 1. The highest BCUT2D eigenvalue weighted by molar-refractivity contribution is 7.16. The highest BCUT2D eigenvalue weighted by Crippen LogP contribution is 2.33. The molecule has 0 radical (unpaired) electrons. The summed E-state index contributed by atoms with van der Waals surface area (Å²) in [5, 5.41) is 6.04. The maximum Gasteiger partial charge on any atom is 0.341 e. The van der Waals surface area contributed by atoms with Crippen LogP contribution in [0.5, 0.6) is 5.75 Å². The summed E-state index contributed by atoms with van der Waals surface area (Å²) in [7, 11) is 0. The van der Waals surface area contributed by atoms with Gasteiger partial charge in [-0.15, -0.1) is 11.3 Å². The number of amides is 2. The van der Waals surface area contributed by atoms with Crippen LogP contribution in [0.3, 0.4) is 0 Å². The van der Waals surface area contributed by atoms with Gasteiger partial charge in [0.15, 0.2) is 6.61 Å². The molecule has 0 atom stereocenters. The Balaban J connectivity index is 1.53. The third-order valence-corrected chi connectivity index (χ3v) is 6.02. The van der Waals surface area contributed by atoms with Crippen LogP contribution in [0.4, 0.5) is 5.00 Å². The highest BCUT2D eigenvalue weighted by atomic mass is 32.1. The second-order valence-corrected chi connectivity index (χ2v) is 8.46. The molecule has 0 unspecified atom stereocenters. The second kappa shape index (κ2) is 11.3. The average Bonchev–Trinajstić information content (AvgIpc) is 3.10. The first-order chi connectivity index (χ1) is 15.9. The quantitative estimate of drug-likeness (QED) is 0.453. The van der Waals surface area contributed by atoms with Crippen molar-refractivity contribution in [3.8, 4) is 5.75 Å². The fourth-order valence-electron chi connectivity index (χ4n) is 3.06. The zero-order valence-corrected chi connectivity index (χ0v) is 19.6. The van der Waals surface area contributed by atoms with Gasteiger partial charge < -0.3 is 20.1 Å². The Labute approximate surface area is 196 Å². The summed E-state index contributed by atoms with van der Waals surface area (Å²) in [5.74, 6) is -0.602. The first kappa shape index (κ1) is 24.0. The van der Waals surface area contributed by atoms with E-state index in [0.29, 0.717) is 28.4 Å². The van der Waals surface area contributed by atoms with Crippen molar-refractivity contribution >= 4 is 34.1 Å². The Kier molecular flexibility index (Phi) is 8.21. The first-order valence-corrected chi connectivity index (χ1v) is 11.3. The van der Waals surface area contributed by atoms with Gasteiger partial charge in [0.1, 0.15) is 10.8 Å². The van der Waals surface area contributed by atoms with Crippen LogP contribution in [0.25, 0.3) is 0 Å². The first-order valence-electron chi connectivity index (χ1n) is 10.5. The van der Waals surface area contributed by atoms with E-state index in [1.807, 2.05) is 44.2 Å². The highest BCUT2D eigenvalue weighted by Gasteiger charge is 2.22. The fraction of sp³-hybridized carbons (Fsp3) is 0.240. The summed E-state index contributed by atoms with van der Waals surface area (Å²) in [6, 6.07) is 16.2. The molecule has 1 aromatic heterocycles. The molecule has 0 bridgehead atoms. The molecule has 1 heterocycles. The second-order valence-electron chi connectivity index (χ2n) is 7.24. The van der Waals surface area contributed by atoms with Gasteiger partial charge in [-0.2, -0.15) is 0 Å². The van der Waals surface area contributed by atoms with Crippen molar-refractivity contribution in [3.05, 3.63) is 81.7 Å². The van der Waals surface area contributed by atoms with Gasteiger partial charge in [-0.3, -0.25) is 9.59 Å². The summed E-state index contributed by atoms with van der Waals surface area (Å²) in [4.78, 5) is 37.9. The molecule has 3 rings (SSSR count). The molecule has 8 heteroatoms. The van der Waals surface area contributed by atoms with Crippen molar-refractivity contribution in [1.29, 1.82) is 0 Å². The number of hydrogen-bond donors (Lipinski definition) is 2. The van der Waals surface area contributed by atoms with Crippen LogP contribution in [0.1, 0.15) is 43.6 Å². The van der Waals surface area contributed by atoms with Crippen LogP contribution in [0, 0.1) is 13.8 Å². The average molecular weight is 467 g/mol. The molecular formula is C25H26N2O5S. The fourth-order valence-corrected chi connectivity index (χ4v) is 4.12. The Morgan fingerprint density at radius 1 is 0.970 bits per heavy atom. The van der Waals surface area contributed by atoms with Crippen molar-refractivity contribution < 1.29 is 23.9 Å². The van der Waals surface area contributed by atoms with Gasteiger partial charge >= 0.3 is 5.97 Å². The summed E-state index contributed by atoms with van der Waals surface area (Å²) in [6.45, 7) is 5.89. The molecule has 3 aromatic rings. The minimum atomic E-state index is -0.461. The third kappa shape index (κ3) is 6.43. The van der Waals surface area contributed by atoms with Crippen LogP contribution in [0.2, 0.25) is 0 Å². The minimum absolute atomic E-state index is 0.196. The number of nitrogens with one attached hydrogen (secondary N) is 2. The lowest BCUT2D eigenvalue weighted by Gasteiger charge is -2.09.